The number of rotatable bonds is 3. The molecule has 5 rings (SSSR count). The summed E-state index contributed by atoms with van der Waals surface area (Å²) in [5, 5.41) is 0. The van der Waals surface area contributed by atoms with Crippen LogP contribution in [0.5, 0.6) is 0 Å². The fraction of sp³-hybridized carbons (Fsp3) is 0.579. The molecule has 4 amide bonds. The molecular weight excluding hydrogens is 320 g/mol. The van der Waals surface area contributed by atoms with E-state index in [0.29, 0.717) is 12.8 Å². The smallest absolute Gasteiger partial charge is 0.233 e. The highest BCUT2D eigenvalue weighted by Gasteiger charge is 2.59. The van der Waals surface area contributed by atoms with Crippen molar-refractivity contribution < 1.29 is 19.2 Å². The van der Waals surface area contributed by atoms with Gasteiger partial charge in [-0.05, 0) is 31.1 Å². The number of hydrogen-bond acceptors (Lipinski definition) is 4. The van der Waals surface area contributed by atoms with E-state index in [4.69, 9.17) is 0 Å². The lowest BCUT2D eigenvalue weighted by atomic mass is 9.85. The molecule has 0 aromatic heterocycles. The van der Waals surface area contributed by atoms with E-state index >= 15 is 0 Å². The molecule has 25 heavy (non-hydrogen) atoms. The lowest BCUT2D eigenvalue weighted by Crippen LogP contribution is -2.42. The Morgan fingerprint density at radius 2 is 1.16 bits per heavy atom. The molecule has 3 fully saturated rings. The van der Waals surface area contributed by atoms with Crippen LogP contribution in [0.1, 0.15) is 19.3 Å². The Hall–Kier alpha value is -2.24. The Balaban J connectivity index is 1.30. The molecule has 5 aliphatic rings. The zero-order valence-electron chi connectivity index (χ0n) is 13.8. The Labute approximate surface area is 145 Å². The summed E-state index contributed by atoms with van der Waals surface area (Å²) in [7, 11) is 0. The van der Waals surface area contributed by atoms with Crippen LogP contribution in [0.2, 0.25) is 0 Å². The first-order valence-electron chi connectivity index (χ1n) is 9.11. The van der Waals surface area contributed by atoms with E-state index in [-0.39, 0.29) is 72.2 Å². The predicted molar refractivity (Wildman–Crippen MR) is 86.5 cm³/mol. The molecule has 0 radical (unpaired) electrons. The second-order valence-corrected chi connectivity index (χ2v) is 7.81. The topological polar surface area (TPSA) is 74.8 Å². The van der Waals surface area contributed by atoms with Crippen LogP contribution in [0.15, 0.2) is 24.3 Å². The van der Waals surface area contributed by atoms with E-state index in [9.17, 15) is 19.2 Å². The summed E-state index contributed by atoms with van der Waals surface area (Å²) < 4.78 is 0. The lowest BCUT2D eigenvalue weighted by Gasteiger charge is -2.21. The molecule has 6 atom stereocenters. The standard InChI is InChI=1S/C19H20N2O4/c22-16-12-3-1-2-4-13(12)17(23)20(16)7-8-21-18(24)14-10-5-6-11(9-10)15(14)19(21)25/h1-2,5-6,10-15H,3-4,7-9H2. The van der Waals surface area contributed by atoms with E-state index < -0.39 is 0 Å². The summed E-state index contributed by atoms with van der Waals surface area (Å²) >= 11 is 0. The van der Waals surface area contributed by atoms with Gasteiger partial charge in [-0.3, -0.25) is 29.0 Å². The van der Waals surface area contributed by atoms with Gasteiger partial charge in [-0.1, -0.05) is 24.3 Å². The third kappa shape index (κ3) is 1.91. The number of imide groups is 2. The third-order valence-electron chi connectivity index (χ3n) is 6.71. The van der Waals surface area contributed by atoms with Gasteiger partial charge in [0, 0.05) is 13.1 Å². The zero-order chi connectivity index (χ0) is 17.3. The van der Waals surface area contributed by atoms with Crippen molar-refractivity contribution in [3.63, 3.8) is 0 Å². The second kappa shape index (κ2) is 5.13. The first-order chi connectivity index (χ1) is 12.1. The molecule has 3 aliphatic carbocycles. The van der Waals surface area contributed by atoms with Crippen molar-refractivity contribution in [3.05, 3.63) is 24.3 Å². The molecule has 2 heterocycles. The number of carbonyl (C=O) groups excluding carboxylic acids is 4. The fourth-order valence-electron chi connectivity index (χ4n) is 5.47. The average Bonchev–Trinajstić information content (AvgIpc) is 3.34. The molecule has 2 aliphatic heterocycles. The Bertz CT molecular complexity index is 699. The SMILES string of the molecule is O=C1C2CC=CCC2C(=O)N1CCN1C(=O)C2C3C=CC(C3)C2C1=O. The van der Waals surface area contributed by atoms with Gasteiger partial charge in [-0.2, -0.15) is 0 Å². The van der Waals surface area contributed by atoms with Crippen molar-refractivity contribution in [3.8, 4) is 0 Å². The Kier molecular flexibility index (Phi) is 3.09. The van der Waals surface area contributed by atoms with E-state index in [0.717, 1.165) is 6.42 Å². The van der Waals surface area contributed by atoms with Gasteiger partial charge in [-0.25, -0.2) is 0 Å². The average molecular weight is 340 g/mol. The van der Waals surface area contributed by atoms with E-state index in [1.165, 1.54) is 9.80 Å². The number of nitrogens with zero attached hydrogens (tertiary/aromatic N) is 2. The van der Waals surface area contributed by atoms with Crippen LogP contribution in [0.4, 0.5) is 0 Å². The fourth-order valence-corrected chi connectivity index (χ4v) is 5.47. The van der Waals surface area contributed by atoms with Crippen molar-refractivity contribution >= 4 is 23.6 Å². The van der Waals surface area contributed by atoms with Crippen LogP contribution < -0.4 is 0 Å². The number of fused-ring (bicyclic) bond motifs is 6. The summed E-state index contributed by atoms with van der Waals surface area (Å²) in [6.45, 7) is 0.263. The van der Waals surface area contributed by atoms with Crippen molar-refractivity contribution in [2.24, 2.45) is 35.5 Å². The molecule has 2 saturated heterocycles. The summed E-state index contributed by atoms with van der Waals surface area (Å²) in [4.78, 5) is 52.9. The highest BCUT2D eigenvalue weighted by molar-refractivity contribution is 6.07. The highest BCUT2D eigenvalue weighted by atomic mass is 16.2. The molecule has 6 heteroatoms. The van der Waals surface area contributed by atoms with Gasteiger partial charge in [0.1, 0.15) is 0 Å². The Morgan fingerprint density at radius 3 is 1.64 bits per heavy atom. The maximum absolute atomic E-state index is 12.7. The quantitative estimate of drug-likeness (QED) is 0.561. The summed E-state index contributed by atoms with van der Waals surface area (Å²) in [6, 6.07) is 0. The van der Waals surface area contributed by atoms with Gasteiger partial charge >= 0.3 is 0 Å². The van der Waals surface area contributed by atoms with E-state index in [2.05, 4.69) is 12.2 Å². The largest absolute Gasteiger partial charge is 0.280 e. The normalized spacial score (nSPS) is 41.3. The van der Waals surface area contributed by atoms with Crippen LogP contribution in [-0.4, -0.2) is 46.5 Å². The van der Waals surface area contributed by atoms with Gasteiger partial charge < -0.3 is 0 Å². The number of amides is 4. The minimum Gasteiger partial charge on any atom is -0.280 e. The number of allylic oxidation sites excluding steroid dienone is 4. The first-order valence-corrected chi connectivity index (χ1v) is 9.11. The minimum absolute atomic E-state index is 0.120. The van der Waals surface area contributed by atoms with Crippen molar-refractivity contribution in [1.29, 1.82) is 0 Å². The Morgan fingerprint density at radius 1 is 0.720 bits per heavy atom. The van der Waals surface area contributed by atoms with E-state index in [1.807, 2.05) is 12.2 Å². The molecule has 0 aromatic rings. The van der Waals surface area contributed by atoms with Crippen LogP contribution in [0, 0.1) is 35.5 Å². The summed E-state index contributed by atoms with van der Waals surface area (Å²) in [5.74, 6) is -1.15. The van der Waals surface area contributed by atoms with Crippen LogP contribution >= 0.6 is 0 Å². The van der Waals surface area contributed by atoms with Crippen LogP contribution in [-0.2, 0) is 19.2 Å². The van der Waals surface area contributed by atoms with Crippen molar-refractivity contribution in [1.82, 2.24) is 9.80 Å². The molecule has 0 aromatic carbocycles. The molecule has 0 spiro atoms. The van der Waals surface area contributed by atoms with E-state index in [1.54, 1.807) is 0 Å². The zero-order valence-corrected chi connectivity index (χ0v) is 13.8. The summed E-state index contributed by atoms with van der Waals surface area (Å²) in [5.41, 5.74) is 0. The third-order valence-corrected chi connectivity index (χ3v) is 6.71. The molecule has 1 saturated carbocycles. The number of carbonyl (C=O) groups is 4. The van der Waals surface area contributed by atoms with Crippen LogP contribution in [0.3, 0.4) is 0 Å². The molecular formula is C19H20N2O4. The minimum atomic E-state index is -0.262. The number of likely N-dealkylation sites (tertiary alicyclic amines) is 2. The van der Waals surface area contributed by atoms with Crippen molar-refractivity contribution in [2.45, 2.75) is 19.3 Å². The predicted octanol–water partition coefficient (Wildman–Crippen LogP) is 0.745. The van der Waals surface area contributed by atoms with Crippen molar-refractivity contribution in [2.75, 3.05) is 13.1 Å². The molecule has 2 bridgehead atoms. The highest BCUT2D eigenvalue weighted by Crippen LogP contribution is 2.52. The first kappa shape index (κ1) is 15.0. The maximum Gasteiger partial charge on any atom is 0.233 e. The van der Waals surface area contributed by atoms with Gasteiger partial charge in [-0.15, -0.1) is 0 Å². The molecule has 0 N–H and O–H groups in total. The summed E-state index contributed by atoms with van der Waals surface area (Å²) in [6.07, 6.45) is 10.1. The molecule has 6 nitrogen and oxygen atoms in total. The molecule has 6 unspecified atom stereocenters. The van der Waals surface area contributed by atoms with Gasteiger partial charge in [0.05, 0.1) is 23.7 Å². The maximum atomic E-state index is 12.7. The van der Waals surface area contributed by atoms with Gasteiger partial charge in [0.25, 0.3) is 0 Å². The van der Waals surface area contributed by atoms with Gasteiger partial charge in [0.2, 0.25) is 23.6 Å². The molecule has 130 valence electrons. The lowest BCUT2D eigenvalue weighted by molar-refractivity contribution is -0.145. The monoisotopic (exact) mass is 340 g/mol. The second-order valence-electron chi connectivity index (χ2n) is 7.81. The number of hydrogen-bond donors (Lipinski definition) is 0. The van der Waals surface area contributed by atoms with Crippen LogP contribution in [0.25, 0.3) is 0 Å². The van der Waals surface area contributed by atoms with Gasteiger partial charge in [0.15, 0.2) is 0 Å².